The van der Waals surface area contributed by atoms with E-state index in [0.717, 1.165) is 34.2 Å². The molecule has 8 heteroatoms. The van der Waals surface area contributed by atoms with E-state index in [0.29, 0.717) is 26.1 Å². The summed E-state index contributed by atoms with van der Waals surface area (Å²) in [5.74, 6) is -0.840. The summed E-state index contributed by atoms with van der Waals surface area (Å²) in [6.45, 7) is 9.67. The summed E-state index contributed by atoms with van der Waals surface area (Å²) in [4.78, 5) is 19.8. The highest BCUT2D eigenvalue weighted by atomic mass is 32.2. The number of carbonyl (C=O) groups is 1. The molecular formula is C26H30N2O5S. The van der Waals surface area contributed by atoms with Gasteiger partial charge in [-0.2, -0.15) is 0 Å². The molecule has 1 atom stereocenters. The number of carbonyl (C=O) groups excluding carboxylic acids is 1. The molecule has 1 fully saturated rings. The maximum absolute atomic E-state index is 12.2. The van der Waals surface area contributed by atoms with Gasteiger partial charge in [0.2, 0.25) is 5.91 Å². The van der Waals surface area contributed by atoms with E-state index in [1.54, 1.807) is 4.90 Å². The average molecular weight is 483 g/mol. The monoisotopic (exact) mass is 482 g/mol. The number of fused-ring (bicyclic) bond motifs is 2. The molecule has 1 unspecified atom stereocenters. The smallest absolute Gasteiger partial charge is 0.237 e. The van der Waals surface area contributed by atoms with Crippen LogP contribution in [0.15, 0.2) is 35.5 Å². The largest absolute Gasteiger partial charge is 0.384 e. The summed E-state index contributed by atoms with van der Waals surface area (Å²) in [6, 6.07) is 10.6. The van der Waals surface area contributed by atoms with E-state index >= 15 is 0 Å². The highest BCUT2D eigenvalue weighted by Gasteiger charge is 2.52. The Balaban J connectivity index is 1.32. The van der Waals surface area contributed by atoms with Gasteiger partial charge in [-0.25, -0.2) is 8.42 Å². The first-order chi connectivity index (χ1) is 15.9. The van der Waals surface area contributed by atoms with Crippen molar-refractivity contribution >= 4 is 21.5 Å². The van der Waals surface area contributed by atoms with Crippen LogP contribution in [0.3, 0.4) is 0 Å². The van der Waals surface area contributed by atoms with Crippen LogP contribution in [-0.4, -0.2) is 50.0 Å². The molecule has 0 radical (unpaired) electrons. The van der Waals surface area contributed by atoms with Gasteiger partial charge in [-0.05, 0) is 72.7 Å². The lowest BCUT2D eigenvalue weighted by Crippen LogP contribution is -2.62. The van der Waals surface area contributed by atoms with E-state index in [1.807, 2.05) is 6.07 Å². The van der Waals surface area contributed by atoms with Gasteiger partial charge in [-0.15, -0.1) is 0 Å². The zero-order chi connectivity index (χ0) is 24.5. The van der Waals surface area contributed by atoms with Gasteiger partial charge in [-0.1, -0.05) is 29.4 Å². The van der Waals surface area contributed by atoms with Gasteiger partial charge in [0.1, 0.15) is 11.4 Å². The number of sulfone groups is 1. The molecule has 7 nitrogen and oxygen atoms in total. The second kappa shape index (κ2) is 7.65. The number of ether oxygens (including phenoxy) is 1. The number of benzene rings is 2. The molecule has 5 rings (SSSR count). The molecule has 2 aromatic rings. The van der Waals surface area contributed by atoms with Crippen LogP contribution in [0.2, 0.25) is 0 Å². The Morgan fingerprint density at radius 3 is 2.44 bits per heavy atom. The minimum Gasteiger partial charge on any atom is -0.384 e. The number of aryl methyl sites for hydroxylation is 2. The summed E-state index contributed by atoms with van der Waals surface area (Å²) in [7, 11) is -3.35. The van der Waals surface area contributed by atoms with Gasteiger partial charge in [0.05, 0.1) is 25.4 Å². The molecule has 34 heavy (non-hydrogen) atoms. The van der Waals surface area contributed by atoms with E-state index < -0.39 is 26.8 Å². The van der Waals surface area contributed by atoms with Gasteiger partial charge in [0.25, 0.3) is 0 Å². The molecule has 0 bridgehead atoms. The quantitative estimate of drug-likeness (QED) is 0.668. The minimum absolute atomic E-state index is 0.375. The van der Waals surface area contributed by atoms with E-state index in [1.165, 1.54) is 16.7 Å². The van der Waals surface area contributed by atoms with Crippen molar-refractivity contribution in [3.8, 4) is 0 Å². The Morgan fingerprint density at radius 2 is 1.79 bits per heavy atom. The maximum Gasteiger partial charge on any atom is 0.237 e. The molecule has 180 valence electrons. The molecule has 0 N–H and O–H groups in total. The number of likely N-dealkylation sites (tertiary alicyclic amines) is 1. The predicted molar refractivity (Wildman–Crippen MR) is 129 cm³/mol. The van der Waals surface area contributed by atoms with Crippen LogP contribution in [-0.2, 0) is 42.0 Å². The molecule has 1 spiro atoms. The van der Waals surface area contributed by atoms with Crippen LogP contribution in [0.1, 0.15) is 52.3 Å². The fraction of sp³-hybridized carbons (Fsp3) is 0.462. The molecule has 3 aliphatic rings. The zero-order valence-electron chi connectivity index (χ0n) is 20.3. The van der Waals surface area contributed by atoms with Crippen LogP contribution >= 0.6 is 0 Å². The first-order valence-electron chi connectivity index (χ1n) is 11.5. The second-order valence-electron chi connectivity index (χ2n) is 10.2. The fourth-order valence-electron chi connectivity index (χ4n) is 5.15. The SMILES string of the molecule is Cc1cc(C2(C)CC(c3ccc4c(c3)COC43CN(C(=O)CS(C)(=O)=O)C3)=NO2)cc(C)c1C. The molecule has 0 saturated carbocycles. The maximum atomic E-state index is 12.2. The number of hydrogen-bond donors (Lipinski definition) is 0. The van der Waals surface area contributed by atoms with Crippen LogP contribution < -0.4 is 0 Å². The third kappa shape index (κ3) is 3.82. The standard InChI is InChI=1S/C26H30N2O5S/c1-16-8-21(9-17(2)18(16)3)25(4)11-23(27-33-25)19-6-7-22-20(10-19)12-32-26(22)14-28(15-26)24(29)13-34(5,30)31/h6-10H,11-15H2,1-5H3. The molecule has 0 aromatic heterocycles. The molecule has 1 amide bonds. The van der Waals surface area contributed by atoms with Crippen molar-refractivity contribution in [2.75, 3.05) is 25.1 Å². The molecule has 1 saturated heterocycles. The van der Waals surface area contributed by atoms with E-state index in [4.69, 9.17) is 9.57 Å². The van der Waals surface area contributed by atoms with Crippen LogP contribution in [0.4, 0.5) is 0 Å². The van der Waals surface area contributed by atoms with Crippen molar-refractivity contribution in [2.24, 2.45) is 5.16 Å². The molecular weight excluding hydrogens is 452 g/mol. The van der Waals surface area contributed by atoms with Crippen LogP contribution in [0.25, 0.3) is 0 Å². The first-order valence-corrected chi connectivity index (χ1v) is 13.5. The molecule has 0 aliphatic carbocycles. The van der Waals surface area contributed by atoms with Crippen molar-refractivity contribution in [3.63, 3.8) is 0 Å². The molecule has 3 heterocycles. The summed E-state index contributed by atoms with van der Waals surface area (Å²) in [5, 5.41) is 4.45. The predicted octanol–water partition coefficient (Wildman–Crippen LogP) is 3.26. The first kappa shape index (κ1) is 23.1. The minimum atomic E-state index is -3.35. The van der Waals surface area contributed by atoms with Crippen molar-refractivity contribution in [3.05, 3.63) is 69.3 Å². The van der Waals surface area contributed by atoms with Gasteiger partial charge in [-0.3, -0.25) is 4.79 Å². The zero-order valence-corrected chi connectivity index (χ0v) is 21.1. The van der Waals surface area contributed by atoms with Gasteiger partial charge in [0.15, 0.2) is 15.4 Å². The topological polar surface area (TPSA) is 85.3 Å². The van der Waals surface area contributed by atoms with Crippen molar-refractivity contribution in [1.82, 2.24) is 4.90 Å². The van der Waals surface area contributed by atoms with Crippen LogP contribution in [0, 0.1) is 20.8 Å². The Labute approximate surface area is 200 Å². The number of nitrogens with zero attached hydrogens (tertiary/aromatic N) is 2. The van der Waals surface area contributed by atoms with Crippen LogP contribution in [0.5, 0.6) is 0 Å². The number of amides is 1. The second-order valence-corrected chi connectivity index (χ2v) is 12.4. The summed E-state index contributed by atoms with van der Waals surface area (Å²) in [6.07, 6.45) is 1.75. The molecule has 2 aromatic carbocycles. The fourth-order valence-corrected chi connectivity index (χ4v) is 5.78. The highest BCUT2D eigenvalue weighted by Crippen LogP contribution is 2.44. The van der Waals surface area contributed by atoms with Crippen molar-refractivity contribution in [2.45, 2.75) is 51.9 Å². The third-order valence-electron chi connectivity index (χ3n) is 7.46. The van der Waals surface area contributed by atoms with E-state index in [-0.39, 0.29) is 5.91 Å². The molecule has 3 aliphatic heterocycles. The lowest BCUT2D eigenvalue weighted by atomic mass is 9.83. The third-order valence-corrected chi connectivity index (χ3v) is 8.24. The Hall–Kier alpha value is -2.71. The summed E-state index contributed by atoms with van der Waals surface area (Å²) >= 11 is 0. The van der Waals surface area contributed by atoms with Gasteiger partial charge >= 0.3 is 0 Å². The number of rotatable bonds is 4. The van der Waals surface area contributed by atoms with Gasteiger partial charge in [0, 0.05) is 12.7 Å². The highest BCUT2D eigenvalue weighted by molar-refractivity contribution is 7.91. The summed E-state index contributed by atoms with van der Waals surface area (Å²) in [5.41, 5.74) is 7.92. The average Bonchev–Trinajstić information content (AvgIpc) is 3.31. The Kier molecular flexibility index (Phi) is 5.19. The van der Waals surface area contributed by atoms with E-state index in [2.05, 4.69) is 57.1 Å². The normalized spacial score (nSPS) is 22.9. The lowest BCUT2D eigenvalue weighted by Gasteiger charge is -2.47. The summed E-state index contributed by atoms with van der Waals surface area (Å²) < 4.78 is 29.0. The van der Waals surface area contributed by atoms with Gasteiger partial charge < -0.3 is 14.5 Å². The number of hydrogen-bond acceptors (Lipinski definition) is 6. The Bertz CT molecular complexity index is 1320. The van der Waals surface area contributed by atoms with Crippen molar-refractivity contribution < 1.29 is 22.8 Å². The van der Waals surface area contributed by atoms with E-state index in [9.17, 15) is 13.2 Å². The lowest BCUT2D eigenvalue weighted by molar-refractivity contribution is -0.166. The number of oxime groups is 1. The Morgan fingerprint density at radius 1 is 1.12 bits per heavy atom. The van der Waals surface area contributed by atoms with Crippen molar-refractivity contribution in [1.29, 1.82) is 0 Å².